The molecule has 1 saturated carbocycles. The SMILES string of the molecule is Cc1cnn(CC(=O)N2CCCCCCNC(=O)C3CCCCC32)c1. The Morgan fingerprint density at radius 2 is 2.00 bits per heavy atom. The first-order valence-electron chi connectivity index (χ1n) is 9.71. The Morgan fingerprint density at radius 1 is 1.20 bits per heavy atom. The quantitative estimate of drug-likeness (QED) is 0.893. The Labute approximate surface area is 149 Å². The van der Waals surface area contributed by atoms with Crippen molar-refractivity contribution in [2.24, 2.45) is 5.92 Å². The highest BCUT2D eigenvalue weighted by Gasteiger charge is 2.36. The Bertz CT molecular complexity index is 598. The fourth-order valence-corrected chi connectivity index (χ4v) is 4.15. The maximum Gasteiger partial charge on any atom is 0.244 e. The summed E-state index contributed by atoms with van der Waals surface area (Å²) >= 11 is 0. The molecule has 6 heteroatoms. The van der Waals surface area contributed by atoms with Crippen molar-refractivity contribution in [3.63, 3.8) is 0 Å². The van der Waals surface area contributed by atoms with Crippen LogP contribution < -0.4 is 5.32 Å². The van der Waals surface area contributed by atoms with Crippen molar-refractivity contribution >= 4 is 11.8 Å². The third-order valence-electron chi connectivity index (χ3n) is 5.47. The zero-order valence-corrected chi connectivity index (χ0v) is 15.2. The number of amides is 2. The average molecular weight is 346 g/mol. The molecule has 6 nitrogen and oxygen atoms in total. The Balaban J connectivity index is 1.78. The number of carbonyl (C=O) groups is 2. The summed E-state index contributed by atoms with van der Waals surface area (Å²) in [5.74, 6) is 0.168. The van der Waals surface area contributed by atoms with Crippen LogP contribution in [0, 0.1) is 12.8 Å². The molecule has 2 aliphatic rings. The largest absolute Gasteiger partial charge is 0.356 e. The molecule has 138 valence electrons. The lowest BCUT2D eigenvalue weighted by Gasteiger charge is -2.39. The van der Waals surface area contributed by atoms with E-state index in [1.54, 1.807) is 10.9 Å². The molecule has 1 aliphatic carbocycles. The highest BCUT2D eigenvalue weighted by atomic mass is 16.2. The van der Waals surface area contributed by atoms with E-state index in [-0.39, 0.29) is 30.3 Å². The first-order valence-corrected chi connectivity index (χ1v) is 9.71. The number of hydrogen-bond donors (Lipinski definition) is 1. The van der Waals surface area contributed by atoms with Crippen LogP contribution >= 0.6 is 0 Å². The lowest BCUT2D eigenvalue weighted by atomic mass is 9.82. The molecule has 1 aromatic heterocycles. The second-order valence-corrected chi connectivity index (χ2v) is 7.47. The van der Waals surface area contributed by atoms with Crippen LogP contribution in [0.4, 0.5) is 0 Å². The number of aryl methyl sites for hydroxylation is 1. The van der Waals surface area contributed by atoms with Crippen LogP contribution in [0.5, 0.6) is 0 Å². The van der Waals surface area contributed by atoms with Gasteiger partial charge in [-0.1, -0.05) is 25.7 Å². The maximum atomic E-state index is 13.0. The number of nitrogens with one attached hydrogen (secondary N) is 1. The Hall–Kier alpha value is -1.85. The van der Waals surface area contributed by atoms with Crippen molar-refractivity contribution in [1.29, 1.82) is 0 Å². The van der Waals surface area contributed by atoms with Gasteiger partial charge in [0.2, 0.25) is 11.8 Å². The van der Waals surface area contributed by atoms with Gasteiger partial charge in [0.05, 0.1) is 12.1 Å². The Kier molecular flexibility index (Phi) is 6.10. The third-order valence-corrected chi connectivity index (χ3v) is 5.47. The van der Waals surface area contributed by atoms with E-state index < -0.39 is 0 Å². The Morgan fingerprint density at radius 3 is 2.80 bits per heavy atom. The minimum atomic E-state index is -0.0600. The van der Waals surface area contributed by atoms with Crippen LogP contribution in [-0.2, 0) is 16.1 Å². The van der Waals surface area contributed by atoms with Crippen molar-refractivity contribution in [2.45, 2.75) is 70.9 Å². The van der Waals surface area contributed by atoms with Gasteiger partial charge in [0.1, 0.15) is 6.54 Å². The molecule has 25 heavy (non-hydrogen) atoms. The fraction of sp³-hybridized carbons (Fsp3) is 0.737. The van der Waals surface area contributed by atoms with E-state index in [0.717, 1.165) is 70.0 Å². The molecule has 2 atom stereocenters. The van der Waals surface area contributed by atoms with E-state index in [9.17, 15) is 9.59 Å². The normalized spacial score (nSPS) is 25.6. The molecular weight excluding hydrogens is 316 g/mol. The summed E-state index contributed by atoms with van der Waals surface area (Å²) in [6.07, 6.45) is 11.9. The maximum absolute atomic E-state index is 13.0. The summed E-state index contributed by atoms with van der Waals surface area (Å²) in [5.41, 5.74) is 1.06. The lowest BCUT2D eigenvalue weighted by Crippen LogP contribution is -2.51. The lowest BCUT2D eigenvalue weighted by molar-refractivity contribution is -0.139. The standard InChI is InChI=1S/C19H30N4O2/c1-15-12-21-22(13-15)14-18(24)23-11-7-3-2-6-10-20-19(25)16-8-4-5-9-17(16)23/h12-13,16-17H,2-11,14H2,1H3,(H,20,25). The molecule has 0 aromatic carbocycles. The molecule has 0 bridgehead atoms. The summed E-state index contributed by atoms with van der Waals surface area (Å²) in [6.45, 7) is 3.76. The minimum Gasteiger partial charge on any atom is -0.356 e. The molecule has 2 unspecified atom stereocenters. The second kappa shape index (κ2) is 8.50. The number of hydrogen-bond acceptors (Lipinski definition) is 3. The molecule has 1 N–H and O–H groups in total. The van der Waals surface area contributed by atoms with Gasteiger partial charge in [0.15, 0.2) is 0 Å². The van der Waals surface area contributed by atoms with Crippen molar-refractivity contribution in [3.8, 4) is 0 Å². The molecule has 2 amide bonds. The van der Waals surface area contributed by atoms with Crippen molar-refractivity contribution in [2.75, 3.05) is 13.1 Å². The molecule has 2 heterocycles. The van der Waals surface area contributed by atoms with Gasteiger partial charge in [0.25, 0.3) is 0 Å². The van der Waals surface area contributed by atoms with Crippen LogP contribution in [-0.4, -0.2) is 45.6 Å². The third kappa shape index (κ3) is 4.61. The monoisotopic (exact) mass is 346 g/mol. The smallest absolute Gasteiger partial charge is 0.244 e. The number of fused-ring (bicyclic) bond motifs is 1. The van der Waals surface area contributed by atoms with Gasteiger partial charge < -0.3 is 10.2 Å². The summed E-state index contributed by atoms with van der Waals surface area (Å²) in [5, 5.41) is 7.35. The average Bonchev–Trinajstić information content (AvgIpc) is 3.00. The summed E-state index contributed by atoms with van der Waals surface area (Å²) < 4.78 is 1.71. The van der Waals surface area contributed by atoms with E-state index in [1.807, 2.05) is 18.0 Å². The molecule has 0 radical (unpaired) electrons. The van der Waals surface area contributed by atoms with Gasteiger partial charge in [-0.2, -0.15) is 5.10 Å². The molecule has 3 rings (SSSR count). The molecule has 1 aliphatic heterocycles. The van der Waals surface area contributed by atoms with Gasteiger partial charge >= 0.3 is 0 Å². The van der Waals surface area contributed by atoms with Crippen LogP contribution in [0.3, 0.4) is 0 Å². The number of rotatable bonds is 2. The fourth-order valence-electron chi connectivity index (χ4n) is 4.15. The molecule has 2 fully saturated rings. The van der Waals surface area contributed by atoms with E-state index in [4.69, 9.17) is 0 Å². The highest BCUT2D eigenvalue weighted by molar-refractivity contribution is 5.81. The number of carbonyl (C=O) groups excluding carboxylic acids is 2. The molecule has 1 aromatic rings. The van der Waals surface area contributed by atoms with E-state index >= 15 is 0 Å². The topological polar surface area (TPSA) is 67.2 Å². The van der Waals surface area contributed by atoms with Crippen molar-refractivity contribution in [3.05, 3.63) is 18.0 Å². The minimum absolute atomic E-state index is 0.0380. The number of aromatic nitrogens is 2. The van der Waals surface area contributed by atoms with Crippen molar-refractivity contribution < 1.29 is 9.59 Å². The van der Waals surface area contributed by atoms with Crippen LogP contribution in [0.15, 0.2) is 12.4 Å². The van der Waals surface area contributed by atoms with Gasteiger partial charge in [-0.15, -0.1) is 0 Å². The van der Waals surface area contributed by atoms with E-state index in [2.05, 4.69) is 10.4 Å². The predicted octanol–water partition coefficient (Wildman–Crippen LogP) is 2.27. The first kappa shape index (κ1) is 18.0. The number of nitrogens with zero attached hydrogens (tertiary/aromatic N) is 3. The molecular formula is C19H30N4O2. The zero-order valence-electron chi connectivity index (χ0n) is 15.2. The molecule has 1 saturated heterocycles. The van der Waals surface area contributed by atoms with Crippen molar-refractivity contribution in [1.82, 2.24) is 20.0 Å². The van der Waals surface area contributed by atoms with E-state index in [0.29, 0.717) is 0 Å². The summed E-state index contributed by atoms with van der Waals surface area (Å²) in [6, 6.07) is 0.0380. The highest BCUT2D eigenvalue weighted by Crippen LogP contribution is 2.30. The second-order valence-electron chi connectivity index (χ2n) is 7.47. The van der Waals surface area contributed by atoms with Crippen LogP contribution in [0.25, 0.3) is 0 Å². The van der Waals surface area contributed by atoms with Gasteiger partial charge in [-0.25, -0.2) is 0 Å². The van der Waals surface area contributed by atoms with Crippen LogP contribution in [0.2, 0.25) is 0 Å². The van der Waals surface area contributed by atoms with Gasteiger partial charge in [-0.3, -0.25) is 14.3 Å². The van der Waals surface area contributed by atoms with Gasteiger partial charge in [-0.05, 0) is 38.2 Å². The first-order chi connectivity index (χ1) is 12.1. The van der Waals surface area contributed by atoms with Crippen LogP contribution in [0.1, 0.15) is 56.9 Å². The van der Waals surface area contributed by atoms with E-state index in [1.165, 1.54) is 0 Å². The van der Waals surface area contributed by atoms with Gasteiger partial charge in [0, 0.05) is 25.3 Å². The molecule has 0 spiro atoms. The predicted molar refractivity (Wildman–Crippen MR) is 95.9 cm³/mol. The zero-order chi connectivity index (χ0) is 17.6. The summed E-state index contributed by atoms with van der Waals surface area (Å²) in [4.78, 5) is 27.7. The summed E-state index contributed by atoms with van der Waals surface area (Å²) in [7, 11) is 0.